The Hall–Kier alpha value is -2.79. The number of hydrogen-bond donors (Lipinski definition) is 0. The number of fused-ring (bicyclic) bond motifs is 1. The summed E-state index contributed by atoms with van der Waals surface area (Å²) in [6.45, 7) is 1.66. The van der Waals surface area contributed by atoms with Crippen LogP contribution in [0, 0.1) is 0 Å². The lowest BCUT2D eigenvalue weighted by Gasteiger charge is -2.43. The lowest BCUT2D eigenvalue weighted by Crippen LogP contribution is -2.50. The van der Waals surface area contributed by atoms with E-state index in [9.17, 15) is 4.79 Å². The molecular formula is C26H20Cl3N3O. The van der Waals surface area contributed by atoms with Gasteiger partial charge in [-0.2, -0.15) is 0 Å². The van der Waals surface area contributed by atoms with Crippen molar-refractivity contribution < 1.29 is 4.79 Å². The Balaban J connectivity index is 1.48. The molecule has 1 aliphatic rings. The fourth-order valence-corrected chi connectivity index (χ4v) is 4.95. The summed E-state index contributed by atoms with van der Waals surface area (Å²) in [4.78, 5) is 21.9. The van der Waals surface area contributed by atoms with Crippen molar-refractivity contribution >= 4 is 57.2 Å². The summed E-state index contributed by atoms with van der Waals surface area (Å²) in [5, 5.41) is 3.84. The third kappa shape index (κ3) is 4.51. The molecule has 0 radical (unpaired) electrons. The van der Waals surface area contributed by atoms with E-state index in [1.807, 2.05) is 71.6 Å². The molecule has 3 aromatic carbocycles. The molecule has 4 aromatic rings. The second-order valence-electron chi connectivity index (χ2n) is 8.02. The number of benzene rings is 3. The summed E-state index contributed by atoms with van der Waals surface area (Å²) in [6.07, 6.45) is 1.75. The van der Waals surface area contributed by atoms with Crippen molar-refractivity contribution in [2.24, 2.45) is 0 Å². The number of rotatable bonds is 3. The van der Waals surface area contributed by atoms with Gasteiger partial charge >= 0.3 is 0 Å². The van der Waals surface area contributed by atoms with Gasteiger partial charge in [0.25, 0.3) is 5.91 Å². The third-order valence-electron chi connectivity index (χ3n) is 5.99. The van der Waals surface area contributed by atoms with Crippen LogP contribution in [0.1, 0.15) is 22.1 Å². The van der Waals surface area contributed by atoms with E-state index in [-0.39, 0.29) is 11.9 Å². The van der Waals surface area contributed by atoms with Crippen LogP contribution in [0.4, 0.5) is 5.69 Å². The maximum Gasteiger partial charge on any atom is 0.272 e. The lowest BCUT2D eigenvalue weighted by atomic mass is 10.0. The molecule has 2 heterocycles. The zero-order valence-electron chi connectivity index (χ0n) is 17.6. The number of carbonyl (C=O) groups excluding carboxylic acids is 1. The fraction of sp³-hybridized carbons (Fsp3) is 0.154. The standard InChI is InChI=1S/C26H20Cl3N3O/c27-20-7-5-17(6-8-20)25-16-31(11-12-32(25)24-10-9-21(28)14-22(24)29)26(33)23-13-18-3-1-2-4-19(18)15-30-23/h1-10,13-15,25H,11-12,16H2. The van der Waals surface area contributed by atoms with Crippen LogP contribution in [0.5, 0.6) is 0 Å². The minimum atomic E-state index is -0.0981. The maximum absolute atomic E-state index is 13.4. The number of anilines is 1. The van der Waals surface area contributed by atoms with Gasteiger partial charge in [-0.1, -0.05) is 71.2 Å². The Morgan fingerprint density at radius 1 is 0.848 bits per heavy atom. The summed E-state index contributed by atoms with van der Waals surface area (Å²) >= 11 is 18.8. The molecule has 5 rings (SSSR count). The van der Waals surface area contributed by atoms with Gasteiger partial charge in [0, 0.05) is 41.3 Å². The summed E-state index contributed by atoms with van der Waals surface area (Å²) < 4.78 is 0. The van der Waals surface area contributed by atoms with E-state index in [1.165, 1.54) is 0 Å². The van der Waals surface area contributed by atoms with E-state index in [0.29, 0.717) is 40.4 Å². The van der Waals surface area contributed by atoms with Crippen LogP contribution in [0.2, 0.25) is 15.1 Å². The van der Waals surface area contributed by atoms with Crippen LogP contribution in [0.3, 0.4) is 0 Å². The fourth-order valence-electron chi connectivity index (χ4n) is 4.30. The zero-order chi connectivity index (χ0) is 22.9. The summed E-state index contributed by atoms with van der Waals surface area (Å²) in [7, 11) is 0. The molecule has 1 saturated heterocycles. The number of hydrogen-bond acceptors (Lipinski definition) is 3. The lowest BCUT2D eigenvalue weighted by molar-refractivity contribution is 0.0716. The van der Waals surface area contributed by atoms with Crippen LogP contribution in [-0.2, 0) is 0 Å². The predicted molar refractivity (Wildman–Crippen MR) is 136 cm³/mol. The van der Waals surface area contributed by atoms with E-state index < -0.39 is 0 Å². The van der Waals surface area contributed by atoms with Gasteiger partial charge in [0.2, 0.25) is 0 Å². The van der Waals surface area contributed by atoms with Crippen molar-refractivity contribution in [3.63, 3.8) is 0 Å². The molecule has 166 valence electrons. The first kappa shape index (κ1) is 22.0. The van der Waals surface area contributed by atoms with Gasteiger partial charge in [-0.25, -0.2) is 0 Å². The van der Waals surface area contributed by atoms with E-state index in [1.54, 1.807) is 12.3 Å². The highest BCUT2D eigenvalue weighted by atomic mass is 35.5. The number of piperazine rings is 1. The number of pyridine rings is 1. The van der Waals surface area contributed by atoms with Crippen molar-refractivity contribution in [2.75, 3.05) is 24.5 Å². The average Bonchev–Trinajstić information content (AvgIpc) is 2.84. The molecule has 1 amide bonds. The largest absolute Gasteiger partial charge is 0.360 e. The minimum absolute atomic E-state index is 0.0819. The Labute approximate surface area is 207 Å². The molecule has 33 heavy (non-hydrogen) atoms. The first-order valence-electron chi connectivity index (χ1n) is 10.6. The van der Waals surface area contributed by atoms with E-state index in [4.69, 9.17) is 34.8 Å². The van der Waals surface area contributed by atoms with Crippen LogP contribution in [0.15, 0.2) is 79.0 Å². The molecule has 4 nitrogen and oxygen atoms in total. The van der Waals surface area contributed by atoms with Crippen molar-refractivity contribution in [3.05, 3.63) is 105 Å². The zero-order valence-corrected chi connectivity index (χ0v) is 19.9. The highest BCUT2D eigenvalue weighted by Crippen LogP contribution is 2.37. The summed E-state index contributed by atoms with van der Waals surface area (Å²) in [6, 6.07) is 22.9. The molecule has 1 aromatic heterocycles. The van der Waals surface area contributed by atoms with E-state index >= 15 is 0 Å². The smallest absolute Gasteiger partial charge is 0.272 e. The van der Waals surface area contributed by atoms with E-state index in [0.717, 1.165) is 22.0 Å². The topological polar surface area (TPSA) is 36.4 Å². The minimum Gasteiger partial charge on any atom is -0.360 e. The third-order valence-corrected chi connectivity index (χ3v) is 6.78. The van der Waals surface area contributed by atoms with Gasteiger partial charge < -0.3 is 9.80 Å². The van der Waals surface area contributed by atoms with Gasteiger partial charge in [0.1, 0.15) is 5.69 Å². The monoisotopic (exact) mass is 495 g/mol. The van der Waals surface area contributed by atoms with Crippen molar-refractivity contribution in [1.29, 1.82) is 0 Å². The maximum atomic E-state index is 13.4. The average molecular weight is 497 g/mol. The Kier molecular flexibility index (Phi) is 6.15. The second-order valence-corrected chi connectivity index (χ2v) is 9.30. The van der Waals surface area contributed by atoms with Gasteiger partial charge in [-0.05, 0) is 47.3 Å². The van der Waals surface area contributed by atoms with Crippen molar-refractivity contribution in [3.8, 4) is 0 Å². The number of aromatic nitrogens is 1. The first-order valence-corrected chi connectivity index (χ1v) is 11.7. The normalized spacial score (nSPS) is 16.3. The number of amides is 1. The molecule has 0 bridgehead atoms. The predicted octanol–water partition coefficient (Wildman–Crippen LogP) is 6.90. The SMILES string of the molecule is O=C(c1cc2ccccc2cn1)N1CCN(c2ccc(Cl)cc2Cl)C(c2ccc(Cl)cc2)C1. The van der Waals surface area contributed by atoms with E-state index in [2.05, 4.69) is 9.88 Å². The number of nitrogens with zero attached hydrogens (tertiary/aromatic N) is 3. The van der Waals surface area contributed by atoms with Gasteiger partial charge in [-0.15, -0.1) is 0 Å². The van der Waals surface area contributed by atoms with Crippen LogP contribution in [-0.4, -0.2) is 35.4 Å². The van der Waals surface area contributed by atoms with Crippen molar-refractivity contribution in [1.82, 2.24) is 9.88 Å². The molecule has 1 atom stereocenters. The van der Waals surface area contributed by atoms with Gasteiger partial charge in [-0.3, -0.25) is 9.78 Å². The van der Waals surface area contributed by atoms with Crippen molar-refractivity contribution in [2.45, 2.75) is 6.04 Å². The quantitative estimate of drug-likeness (QED) is 0.309. The van der Waals surface area contributed by atoms with Crippen LogP contribution < -0.4 is 4.90 Å². The molecule has 0 aliphatic carbocycles. The van der Waals surface area contributed by atoms with Gasteiger partial charge in [0.15, 0.2) is 0 Å². The second kappa shape index (κ2) is 9.22. The molecule has 0 saturated carbocycles. The first-order chi connectivity index (χ1) is 16.0. The Morgan fingerprint density at radius 3 is 2.33 bits per heavy atom. The Bertz CT molecular complexity index is 1330. The molecule has 1 aliphatic heterocycles. The number of carbonyl (C=O) groups is 1. The highest BCUT2D eigenvalue weighted by Gasteiger charge is 2.32. The highest BCUT2D eigenvalue weighted by molar-refractivity contribution is 6.36. The molecule has 1 unspecified atom stereocenters. The van der Waals surface area contributed by atoms with Crippen LogP contribution >= 0.6 is 34.8 Å². The summed E-state index contributed by atoms with van der Waals surface area (Å²) in [5.41, 5.74) is 2.38. The molecule has 7 heteroatoms. The molecular weight excluding hydrogens is 477 g/mol. The molecule has 1 fully saturated rings. The Morgan fingerprint density at radius 2 is 1.58 bits per heavy atom. The number of halogens is 3. The summed E-state index contributed by atoms with van der Waals surface area (Å²) in [5.74, 6) is -0.0819. The molecule has 0 N–H and O–H groups in total. The molecule has 0 spiro atoms. The van der Waals surface area contributed by atoms with Crippen LogP contribution in [0.25, 0.3) is 10.8 Å². The van der Waals surface area contributed by atoms with Gasteiger partial charge in [0.05, 0.1) is 16.8 Å².